The fourth-order valence-corrected chi connectivity index (χ4v) is 2.81. The lowest BCUT2D eigenvalue weighted by molar-refractivity contribution is -0.140. The minimum absolute atomic E-state index is 0.0476. The summed E-state index contributed by atoms with van der Waals surface area (Å²) in [7, 11) is 0. The number of fused-ring (bicyclic) bond motifs is 1. The van der Waals surface area contributed by atoms with Crippen LogP contribution >= 0.6 is 11.8 Å². The molecule has 2 aliphatic heterocycles. The summed E-state index contributed by atoms with van der Waals surface area (Å²) in [6.45, 7) is 2.23. The van der Waals surface area contributed by atoms with E-state index in [1.54, 1.807) is 23.6 Å². The maximum Gasteiger partial charge on any atom is 0.226 e. The fourth-order valence-electron chi connectivity index (χ4n) is 1.40. The van der Waals surface area contributed by atoms with E-state index in [9.17, 15) is 9.59 Å². The van der Waals surface area contributed by atoms with E-state index < -0.39 is 0 Å². The Morgan fingerprint density at radius 1 is 1.73 bits per heavy atom. The Labute approximate surface area is 69.1 Å². The van der Waals surface area contributed by atoms with Crippen molar-refractivity contribution in [3.63, 3.8) is 0 Å². The van der Waals surface area contributed by atoms with Crippen LogP contribution in [0.4, 0.5) is 0 Å². The maximum absolute atomic E-state index is 10.9. The Morgan fingerprint density at radius 3 is 2.91 bits per heavy atom. The molecule has 2 fully saturated rings. The number of rotatable bonds is 1. The van der Waals surface area contributed by atoms with Gasteiger partial charge in [0, 0.05) is 6.54 Å². The summed E-state index contributed by atoms with van der Waals surface area (Å²) in [6, 6.07) is 0. The van der Waals surface area contributed by atoms with Crippen LogP contribution in [0, 0.1) is 0 Å². The highest BCUT2D eigenvalue weighted by Gasteiger charge is 2.45. The lowest BCUT2D eigenvalue weighted by atomic mass is 10.2. The average Bonchev–Trinajstić information content (AvgIpc) is 2.26. The number of thioether (sulfide) groups is 1. The summed E-state index contributed by atoms with van der Waals surface area (Å²) < 4.78 is 0. The van der Waals surface area contributed by atoms with Crippen LogP contribution in [-0.2, 0) is 9.59 Å². The van der Waals surface area contributed by atoms with E-state index in [2.05, 4.69) is 0 Å². The predicted octanol–water partition coefficient (Wildman–Crippen LogP) is 0.249. The zero-order valence-electron chi connectivity index (χ0n) is 6.24. The Kier molecular flexibility index (Phi) is 1.45. The molecule has 11 heavy (non-hydrogen) atoms. The van der Waals surface area contributed by atoms with Crippen molar-refractivity contribution in [2.45, 2.75) is 24.0 Å². The molecule has 0 aromatic rings. The number of hydrogen-bond donors (Lipinski definition) is 0. The van der Waals surface area contributed by atoms with Crippen molar-refractivity contribution in [3.8, 4) is 0 Å². The van der Waals surface area contributed by atoms with Gasteiger partial charge in [0.2, 0.25) is 5.91 Å². The van der Waals surface area contributed by atoms with Crippen LogP contribution < -0.4 is 0 Å². The molecule has 0 spiro atoms. The first-order valence-corrected chi connectivity index (χ1v) is 4.58. The number of hydrogen-bond acceptors (Lipinski definition) is 3. The SMILES string of the molecule is CC(=O)C1CN2C(=O)C[C@H]2S1. The van der Waals surface area contributed by atoms with E-state index in [0.29, 0.717) is 18.3 Å². The molecule has 0 saturated carbocycles. The monoisotopic (exact) mass is 171 g/mol. The smallest absolute Gasteiger partial charge is 0.226 e. The standard InChI is InChI=1S/C7H9NO2S/c1-4(9)5-3-8-6(10)2-7(8)11-5/h5,7H,2-3H2,1H3/t5?,7-/m1/s1. The van der Waals surface area contributed by atoms with E-state index >= 15 is 0 Å². The lowest BCUT2D eigenvalue weighted by Gasteiger charge is -2.32. The zero-order valence-corrected chi connectivity index (χ0v) is 7.06. The number of amides is 1. The maximum atomic E-state index is 10.9. The first-order valence-electron chi connectivity index (χ1n) is 3.64. The van der Waals surface area contributed by atoms with Crippen LogP contribution in [-0.4, -0.2) is 33.8 Å². The second kappa shape index (κ2) is 2.24. The molecule has 0 aromatic carbocycles. The zero-order chi connectivity index (χ0) is 8.01. The Morgan fingerprint density at radius 2 is 2.45 bits per heavy atom. The van der Waals surface area contributed by atoms with Crippen molar-refractivity contribution in [1.29, 1.82) is 0 Å². The molecule has 2 atom stereocenters. The highest BCUT2D eigenvalue weighted by molar-refractivity contribution is 8.01. The summed E-state index contributed by atoms with van der Waals surface area (Å²) in [4.78, 5) is 23.6. The van der Waals surface area contributed by atoms with E-state index in [1.165, 1.54) is 0 Å². The molecular weight excluding hydrogens is 162 g/mol. The van der Waals surface area contributed by atoms with Gasteiger partial charge in [0.15, 0.2) is 0 Å². The number of Topliss-reactive ketones (excluding diaryl/α,β-unsaturated/α-hetero) is 1. The van der Waals surface area contributed by atoms with Gasteiger partial charge in [-0.1, -0.05) is 0 Å². The molecule has 0 aromatic heterocycles. The van der Waals surface area contributed by atoms with Crippen molar-refractivity contribution < 1.29 is 9.59 Å². The molecule has 0 aliphatic carbocycles. The number of carbonyl (C=O) groups excluding carboxylic acids is 2. The molecule has 2 heterocycles. The van der Waals surface area contributed by atoms with E-state index in [4.69, 9.17) is 0 Å². The van der Waals surface area contributed by atoms with Gasteiger partial charge < -0.3 is 4.90 Å². The van der Waals surface area contributed by atoms with Crippen LogP contribution in [0.3, 0.4) is 0 Å². The topological polar surface area (TPSA) is 37.4 Å². The van der Waals surface area contributed by atoms with Crippen LogP contribution in [0.15, 0.2) is 0 Å². The minimum atomic E-state index is 0.0476. The van der Waals surface area contributed by atoms with Crippen molar-refractivity contribution >= 4 is 23.5 Å². The van der Waals surface area contributed by atoms with Crippen molar-refractivity contribution in [2.75, 3.05) is 6.54 Å². The Balaban J connectivity index is 2.04. The molecule has 0 radical (unpaired) electrons. The number of β-lactam (4-membered cyclic amide) rings is 1. The Hall–Kier alpha value is -0.510. The van der Waals surface area contributed by atoms with E-state index in [-0.39, 0.29) is 16.9 Å². The molecule has 1 amide bonds. The van der Waals surface area contributed by atoms with Gasteiger partial charge in [-0.25, -0.2) is 0 Å². The third kappa shape index (κ3) is 0.965. The normalized spacial score (nSPS) is 35.0. The molecule has 4 heteroatoms. The van der Waals surface area contributed by atoms with Gasteiger partial charge in [0.05, 0.1) is 17.0 Å². The average molecular weight is 171 g/mol. The van der Waals surface area contributed by atoms with Gasteiger partial charge in [0.1, 0.15) is 5.78 Å². The molecule has 0 bridgehead atoms. The van der Waals surface area contributed by atoms with E-state index in [1.807, 2.05) is 0 Å². The molecular formula is C7H9NO2S. The highest BCUT2D eigenvalue weighted by Crippen LogP contribution is 2.39. The number of ketones is 1. The Bertz CT molecular complexity index is 228. The molecule has 2 saturated heterocycles. The summed E-state index contributed by atoms with van der Waals surface area (Å²) >= 11 is 1.63. The third-order valence-corrected chi connectivity index (χ3v) is 3.70. The van der Waals surface area contributed by atoms with Crippen molar-refractivity contribution in [2.24, 2.45) is 0 Å². The molecule has 3 nitrogen and oxygen atoms in total. The molecule has 1 unspecified atom stereocenters. The van der Waals surface area contributed by atoms with Crippen LogP contribution in [0.5, 0.6) is 0 Å². The lowest BCUT2D eigenvalue weighted by Crippen LogP contribution is -2.47. The van der Waals surface area contributed by atoms with Gasteiger partial charge >= 0.3 is 0 Å². The van der Waals surface area contributed by atoms with Gasteiger partial charge in [-0.3, -0.25) is 9.59 Å². The first-order chi connectivity index (χ1) is 5.18. The van der Waals surface area contributed by atoms with Gasteiger partial charge in [-0.05, 0) is 6.92 Å². The fraction of sp³-hybridized carbons (Fsp3) is 0.714. The largest absolute Gasteiger partial charge is 0.329 e. The molecule has 2 aliphatic rings. The number of nitrogens with zero attached hydrogens (tertiary/aromatic N) is 1. The van der Waals surface area contributed by atoms with Gasteiger partial charge in [-0.2, -0.15) is 0 Å². The summed E-state index contributed by atoms with van der Waals surface area (Å²) in [5, 5.41) is 0.364. The van der Waals surface area contributed by atoms with Crippen LogP contribution in [0.25, 0.3) is 0 Å². The van der Waals surface area contributed by atoms with Crippen molar-refractivity contribution in [3.05, 3.63) is 0 Å². The third-order valence-electron chi connectivity index (χ3n) is 2.15. The second-order valence-corrected chi connectivity index (χ2v) is 4.33. The second-order valence-electron chi connectivity index (χ2n) is 2.94. The molecule has 60 valence electrons. The summed E-state index contributed by atoms with van der Waals surface area (Å²) in [5.41, 5.74) is 0. The minimum Gasteiger partial charge on any atom is -0.329 e. The summed E-state index contributed by atoms with van der Waals surface area (Å²) in [6.07, 6.45) is 0.633. The molecule has 2 rings (SSSR count). The number of carbonyl (C=O) groups is 2. The van der Waals surface area contributed by atoms with E-state index in [0.717, 1.165) is 0 Å². The summed E-state index contributed by atoms with van der Waals surface area (Å²) in [5.74, 6) is 0.392. The van der Waals surface area contributed by atoms with Gasteiger partial charge in [0.25, 0.3) is 0 Å². The van der Waals surface area contributed by atoms with Crippen molar-refractivity contribution in [1.82, 2.24) is 4.90 Å². The molecule has 0 N–H and O–H groups in total. The first kappa shape index (κ1) is 7.16. The van der Waals surface area contributed by atoms with Crippen LogP contribution in [0.2, 0.25) is 0 Å². The van der Waals surface area contributed by atoms with Crippen LogP contribution in [0.1, 0.15) is 13.3 Å². The predicted molar refractivity (Wildman–Crippen MR) is 42.2 cm³/mol. The highest BCUT2D eigenvalue weighted by atomic mass is 32.2. The quantitative estimate of drug-likeness (QED) is 0.531. The van der Waals surface area contributed by atoms with Gasteiger partial charge in [-0.15, -0.1) is 11.8 Å².